The van der Waals surface area contributed by atoms with Crippen molar-refractivity contribution < 1.29 is 19.1 Å². The van der Waals surface area contributed by atoms with Gasteiger partial charge in [0, 0.05) is 22.5 Å². The second kappa shape index (κ2) is 11.7. The van der Waals surface area contributed by atoms with E-state index < -0.39 is 0 Å². The molecule has 4 aromatic rings. The summed E-state index contributed by atoms with van der Waals surface area (Å²) >= 11 is 0. The van der Waals surface area contributed by atoms with Crippen LogP contribution in [0.4, 0.5) is 11.4 Å². The molecule has 0 atom stereocenters. The molecule has 2 amide bonds. The number of rotatable bonds is 8. The second-order valence-corrected chi connectivity index (χ2v) is 8.34. The lowest BCUT2D eigenvalue weighted by Crippen LogP contribution is -2.14. The van der Waals surface area contributed by atoms with Gasteiger partial charge < -0.3 is 20.1 Å². The van der Waals surface area contributed by atoms with Crippen LogP contribution < -0.4 is 20.1 Å². The molecule has 0 aliphatic carbocycles. The number of para-hydroxylation sites is 2. The quantitative estimate of drug-likeness (QED) is 0.219. The maximum Gasteiger partial charge on any atom is 0.256 e. The standard InChI is InChI=1S/C31H28N2O4/c1-21-9-7-8-12-27(21)33-30(34)23-15-13-22(14-16-23)19-26(31(35)32-25-10-5-4-6-11-25)24-17-18-28(36-2)29(20-24)37-3/h4-20H,1-3H3,(H,32,35)(H,33,34)/b26-19+. The molecular formula is C31H28N2O4. The Balaban J connectivity index is 1.64. The third-order valence-corrected chi connectivity index (χ3v) is 5.85. The molecule has 6 nitrogen and oxygen atoms in total. The average Bonchev–Trinajstić information content (AvgIpc) is 2.93. The molecule has 2 N–H and O–H groups in total. The summed E-state index contributed by atoms with van der Waals surface area (Å²) in [4.78, 5) is 26.1. The SMILES string of the molecule is COc1ccc(/C(=C\c2ccc(C(=O)Nc3ccccc3C)cc2)C(=O)Nc2ccccc2)cc1OC. The number of aryl methyl sites for hydroxylation is 1. The highest BCUT2D eigenvalue weighted by Crippen LogP contribution is 2.32. The van der Waals surface area contributed by atoms with Gasteiger partial charge in [-0.25, -0.2) is 0 Å². The smallest absolute Gasteiger partial charge is 0.256 e. The Morgan fingerprint density at radius 1 is 0.703 bits per heavy atom. The summed E-state index contributed by atoms with van der Waals surface area (Å²) in [5.41, 5.74) is 4.81. The first-order valence-corrected chi connectivity index (χ1v) is 11.8. The molecule has 37 heavy (non-hydrogen) atoms. The van der Waals surface area contributed by atoms with E-state index in [0.29, 0.717) is 33.9 Å². The second-order valence-electron chi connectivity index (χ2n) is 8.34. The van der Waals surface area contributed by atoms with Crippen LogP contribution in [0.1, 0.15) is 27.0 Å². The van der Waals surface area contributed by atoms with Gasteiger partial charge in [-0.15, -0.1) is 0 Å². The van der Waals surface area contributed by atoms with Gasteiger partial charge in [-0.1, -0.05) is 54.6 Å². The first kappa shape index (κ1) is 25.3. The number of methoxy groups -OCH3 is 2. The zero-order chi connectivity index (χ0) is 26.2. The summed E-state index contributed by atoms with van der Waals surface area (Å²) in [6.45, 7) is 1.94. The van der Waals surface area contributed by atoms with Crippen LogP contribution in [-0.2, 0) is 4.79 Å². The Morgan fingerprint density at radius 3 is 2.03 bits per heavy atom. The Kier molecular flexibility index (Phi) is 8.01. The van der Waals surface area contributed by atoms with E-state index in [9.17, 15) is 9.59 Å². The Bertz CT molecular complexity index is 1430. The van der Waals surface area contributed by atoms with Crippen LogP contribution in [0.15, 0.2) is 97.1 Å². The molecule has 0 unspecified atom stereocenters. The van der Waals surface area contributed by atoms with E-state index in [-0.39, 0.29) is 11.8 Å². The Labute approximate surface area is 216 Å². The molecule has 6 heteroatoms. The van der Waals surface area contributed by atoms with Crippen molar-refractivity contribution >= 4 is 34.8 Å². The molecule has 0 aliphatic rings. The molecule has 0 heterocycles. The van der Waals surface area contributed by atoms with Gasteiger partial charge in [0.1, 0.15) is 0 Å². The zero-order valence-corrected chi connectivity index (χ0v) is 20.9. The molecule has 186 valence electrons. The maximum absolute atomic E-state index is 13.4. The van der Waals surface area contributed by atoms with Crippen molar-refractivity contribution in [2.45, 2.75) is 6.92 Å². The number of benzene rings is 4. The fraction of sp³-hybridized carbons (Fsp3) is 0.0968. The summed E-state index contributed by atoms with van der Waals surface area (Å²) in [5, 5.41) is 5.88. The molecule has 0 aromatic heterocycles. The van der Waals surface area contributed by atoms with Crippen LogP contribution in [0.2, 0.25) is 0 Å². The summed E-state index contributed by atoms with van der Waals surface area (Å²) in [5.74, 6) is 0.603. The summed E-state index contributed by atoms with van der Waals surface area (Å²) in [6, 6.07) is 29.3. The molecule has 0 spiro atoms. The van der Waals surface area contributed by atoms with Crippen molar-refractivity contribution in [2.75, 3.05) is 24.9 Å². The van der Waals surface area contributed by atoms with Gasteiger partial charge in [-0.2, -0.15) is 0 Å². The highest BCUT2D eigenvalue weighted by molar-refractivity contribution is 6.29. The minimum atomic E-state index is -0.278. The molecule has 0 saturated carbocycles. The van der Waals surface area contributed by atoms with E-state index in [4.69, 9.17) is 9.47 Å². The normalized spacial score (nSPS) is 10.9. The lowest BCUT2D eigenvalue weighted by Gasteiger charge is -2.13. The fourth-order valence-corrected chi connectivity index (χ4v) is 3.81. The third-order valence-electron chi connectivity index (χ3n) is 5.85. The summed E-state index contributed by atoms with van der Waals surface area (Å²) in [6.07, 6.45) is 1.78. The number of amides is 2. The van der Waals surface area contributed by atoms with E-state index in [1.807, 2.05) is 79.7 Å². The van der Waals surface area contributed by atoms with Crippen LogP contribution in [0.3, 0.4) is 0 Å². The van der Waals surface area contributed by atoms with Crippen LogP contribution >= 0.6 is 0 Å². The van der Waals surface area contributed by atoms with Crippen molar-refractivity contribution in [1.29, 1.82) is 0 Å². The van der Waals surface area contributed by atoms with Gasteiger partial charge in [-0.3, -0.25) is 9.59 Å². The minimum Gasteiger partial charge on any atom is -0.493 e. The van der Waals surface area contributed by atoms with Crippen molar-refractivity contribution in [3.8, 4) is 11.5 Å². The Morgan fingerprint density at radius 2 is 1.35 bits per heavy atom. The largest absolute Gasteiger partial charge is 0.493 e. The molecule has 0 radical (unpaired) electrons. The molecular weight excluding hydrogens is 464 g/mol. The van der Waals surface area contributed by atoms with Crippen molar-refractivity contribution in [3.05, 3.63) is 119 Å². The number of carbonyl (C=O) groups is 2. The molecule has 0 saturated heterocycles. The highest BCUT2D eigenvalue weighted by atomic mass is 16.5. The lowest BCUT2D eigenvalue weighted by molar-refractivity contribution is -0.111. The van der Waals surface area contributed by atoms with Crippen LogP contribution in [0.25, 0.3) is 11.6 Å². The van der Waals surface area contributed by atoms with Gasteiger partial charge >= 0.3 is 0 Å². The van der Waals surface area contributed by atoms with E-state index in [1.54, 1.807) is 44.6 Å². The maximum atomic E-state index is 13.4. The number of anilines is 2. The lowest BCUT2D eigenvalue weighted by atomic mass is 10.0. The molecule has 4 aromatic carbocycles. The van der Waals surface area contributed by atoms with E-state index in [0.717, 1.165) is 16.8 Å². The average molecular weight is 493 g/mol. The predicted octanol–water partition coefficient (Wildman–Crippen LogP) is 6.44. The molecule has 4 rings (SSSR count). The van der Waals surface area contributed by atoms with Crippen LogP contribution in [0.5, 0.6) is 11.5 Å². The van der Waals surface area contributed by atoms with Crippen molar-refractivity contribution in [3.63, 3.8) is 0 Å². The van der Waals surface area contributed by atoms with Gasteiger partial charge in [-0.05, 0) is 72.2 Å². The van der Waals surface area contributed by atoms with E-state index >= 15 is 0 Å². The number of hydrogen-bond acceptors (Lipinski definition) is 4. The number of hydrogen-bond donors (Lipinski definition) is 2. The first-order chi connectivity index (χ1) is 18.0. The zero-order valence-electron chi connectivity index (χ0n) is 20.9. The molecule has 0 aliphatic heterocycles. The summed E-state index contributed by atoms with van der Waals surface area (Å²) in [7, 11) is 3.11. The van der Waals surface area contributed by atoms with Gasteiger partial charge in [0.25, 0.3) is 11.8 Å². The van der Waals surface area contributed by atoms with E-state index in [1.165, 1.54) is 0 Å². The number of carbonyl (C=O) groups excluding carboxylic acids is 2. The number of nitrogens with one attached hydrogen (secondary N) is 2. The minimum absolute atomic E-state index is 0.202. The molecule has 0 fully saturated rings. The van der Waals surface area contributed by atoms with Gasteiger partial charge in [0.15, 0.2) is 11.5 Å². The van der Waals surface area contributed by atoms with Crippen LogP contribution in [0, 0.1) is 6.92 Å². The predicted molar refractivity (Wildman–Crippen MR) is 148 cm³/mol. The Hall–Kier alpha value is -4.84. The third kappa shape index (κ3) is 6.24. The number of ether oxygens (including phenoxy) is 2. The monoisotopic (exact) mass is 492 g/mol. The molecule has 0 bridgehead atoms. The van der Waals surface area contributed by atoms with Crippen molar-refractivity contribution in [2.24, 2.45) is 0 Å². The topological polar surface area (TPSA) is 76.7 Å². The first-order valence-electron chi connectivity index (χ1n) is 11.8. The summed E-state index contributed by atoms with van der Waals surface area (Å²) < 4.78 is 10.8. The highest BCUT2D eigenvalue weighted by Gasteiger charge is 2.16. The fourth-order valence-electron chi connectivity index (χ4n) is 3.81. The van der Waals surface area contributed by atoms with Gasteiger partial charge in [0.2, 0.25) is 0 Å². The van der Waals surface area contributed by atoms with E-state index in [2.05, 4.69) is 10.6 Å². The van der Waals surface area contributed by atoms with Crippen molar-refractivity contribution in [1.82, 2.24) is 0 Å². The van der Waals surface area contributed by atoms with Gasteiger partial charge in [0.05, 0.1) is 14.2 Å². The van der Waals surface area contributed by atoms with Crippen LogP contribution in [-0.4, -0.2) is 26.0 Å².